The second kappa shape index (κ2) is 9.34. The average Bonchev–Trinajstić information content (AvgIpc) is 2.93. The van der Waals surface area contributed by atoms with Gasteiger partial charge in [-0.05, 0) is 35.9 Å². The monoisotopic (exact) mass is 490 g/mol. The molecule has 0 radical (unpaired) electrons. The zero-order chi connectivity index (χ0) is 21.0. The van der Waals surface area contributed by atoms with Gasteiger partial charge in [-0.3, -0.25) is 14.5 Å². The highest BCUT2D eigenvalue weighted by atomic mass is 79.9. The molecule has 0 bridgehead atoms. The van der Waals surface area contributed by atoms with Gasteiger partial charge in [0.25, 0.3) is 5.91 Å². The lowest BCUT2D eigenvalue weighted by atomic mass is 10.1. The molecule has 3 rings (SSSR count). The number of anilines is 1. The number of carbonyl (C=O) groups excluding carboxylic acids is 2. The second-order valence-electron chi connectivity index (χ2n) is 6.04. The molecule has 0 atom stereocenters. The lowest BCUT2D eigenvalue weighted by Gasteiger charge is -2.14. The van der Waals surface area contributed by atoms with E-state index in [1.807, 2.05) is 24.3 Å². The van der Waals surface area contributed by atoms with Gasteiger partial charge in [-0.2, -0.15) is 0 Å². The molecule has 0 aliphatic carbocycles. The SMILES string of the molecule is O=C(CCN1C(=O)/C(=C\c2cccc(Br)c2)SC1=S)Nc1ccccc1C(=O)O. The number of para-hydroxylation sites is 1. The van der Waals surface area contributed by atoms with Gasteiger partial charge in [0, 0.05) is 17.4 Å². The number of carbonyl (C=O) groups is 3. The van der Waals surface area contributed by atoms with E-state index in [4.69, 9.17) is 12.2 Å². The first-order valence-corrected chi connectivity index (χ1v) is 10.5. The van der Waals surface area contributed by atoms with Crippen molar-refractivity contribution in [2.45, 2.75) is 6.42 Å². The smallest absolute Gasteiger partial charge is 0.337 e. The Labute approximate surface area is 185 Å². The van der Waals surface area contributed by atoms with Crippen molar-refractivity contribution in [2.24, 2.45) is 0 Å². The van der Waals surface area contributed by atoms with Crippen molar-refractivity contribution in [2.75, 3.05) is 11.9 Å². The van der Waals surface area contributed by atoms with E-state index in [-0.39, 0.29) is 30.1 Å². The number of carboxylic acid groups (broad SMARTS) is 1. The van der Waals surface area contributed by atoms with E-state index in [0.717, 1.165) is 10.0 Å². The summed E-state index contributed by atoms with van der Waals surface area (Å²) in [6.07, 6.45) is 1.75. The number of nitrogens with zero attached hydrogens (tertiary/aromatic N) is 1. The second-order valence-corrected chi connectivity index (χ2v) is 8.63. The number of aromatic carboxylic acids is 1. The van der Waals surface area contributed by atoms with Crippen LogP contribution in [0.1, 0.15) is 22.3 Å². The summed E-state index contributed by atoms with van der Waals surface area (Å²) in [4.78, 5) is 38.0. The fourth-order valence-electron chi connectivity index (χ4n) is 2.65. The number of hydrogen-bond acceptors (Lipinski definition) is 5. The largest absolute Gasteiger partial charge is 0.478 e. The van der Waals surface area contributed by atoms with Crippen LogP contribution in [0.25, 0.3) is 6.08 Å². The molecule has 0 spiro atoms. The summed E-state index contributed by atoms with van der Waals surface area (Å²) in [6.45, 7) is 0.113. The molecule has 1 aliphatic heterocycles. The molecular formula is C20H15BrN2O4S2. The van der Waals surface area contributed by atoms with E-state index < -0.39 is 11.9 Å². The molecule has 0 aromatic heterocycles. The number of amides is 2. The van der Waals surface area contributed by atoms with E-state index >= 15 is 0 Å². The van der Waals surface area contributed by atoms with Gasteiger partial charge in [0.1, 0.15) is 4.32 Å². The zero-order valence-electron chi connectivity index (χ0n) is 14.9. The molecule has 0 unspecified atom stereocenters. The molecule has 2 N–H and O–H groups in total. The molecule has 0 saturated carbocycles. The summed E-state index contributed by atoms with van der Waals surface area (Å²) < 4.78 is 1.29. The predicted octanol–water partition coefficient (Wildman–Crippen LogP) is 4.38. The van der Waals surface area contributed by atoms with Gasteiger partial charge in [-0.15, -0.1) is 0 Å². The lowest BCUT2D eigenvalue weighted by molar-refractivity contribution is -0.122. The van der Waals surface area contributed by atoms with E-state index in [1.165, 1.54) is 28.8 Å². The summed E-state index contributed by atoms with van der Waals surface area (Å²) in [5.41, 5.74) is 1.08. The van der Waals surface area contributed by atoms with Crippen LogP contribution in [-0.2, 0) is 9.59 Å². The van der Waals surface area contributed by atoms with Gasteiger partial charge in [-0.25, -0.2) is 4.79 Å². The summed E-state index contributed by atoms with van der Waals surface area (Å²) >= 11 is 9.86. The Morgan fingerprint density at radius 2 is 1.97 bits per heavy atom. The topological polar surface area (TPSA) is 86.7 Å². The normalized spacial score (nSPS) is 15.1. The summed E-state index contributed by atoms with van der Waals surface area (Å²) in [5, 5.41) is 11.8. The van der Waals surface area contributed by atoms with Crippen LogP contribution in [0.15, 0.2) is 57.9 Å². The number of nitrogens with one attached hydrogen (secondary N) is 1. The molecule has 6 nitrogen and oxygen atoms in total. The highest BCUT2D eigenvalue weighted by Gasteiger charge is 2.32. The van der Waals surface area contributed by atoms with Crippen LogP contribution in [-0.4, -0.2) is 38.7 Å². The number of thiocarbonyl (C=S) groups is 1. The number of thioether (sulfide) groups is 1. The quantitative estimate of drug-likeness (QED) is 0.461. The molecular weight excluding hydrogens is 476 g/mol. The van der Waals surface area contributed by atoms with E-state index in [1.54, 1.807) is 18.2 Å². The predicted molar refractivity (Wildman–Crippen MR) is 121 cm³/mol. The van der Waals surface area contributed by atoms with Crippen LogP contribution in [0, 0.1) is 0 Å². The van der Waals surface area contributed by atoms with Crippen LogP contribution >= 0.6 is 39.9 Å². The maximum absolute atomic E-state index is 12.6. The first-order valence-electron chi connectivity index (χ1n) is 8.48. The number of carboxylic acids is 1. The minimum atomic E-state index is -1.13. The van der Waals surface area contributed by atoms with Crippen molar-refractivity contribution in [3.8, 4) is 0 Å². The molecule has 2 aromatic rings. The number of halogens is 1. The standard InChI is InChI=1S/C20H15BrN2O4S2/c21-13-5-3-4-12(10-13)11-16-18(25)23(20(28)29-16)9-8-17(24)22-15-7-2-1-6-14(15)19(26)27/h1-7,10-11H,8-9H2,(H,22,24)(H,26,27)/b16-11+. The van der Waals surface area contributed by atoms with E-state index in [2.05, 4.69) is 21.2 Å². The summed E-state index contributed by atoms with van der Waals surface area (Å²) in [6, 6.07) is 13.7. The van der Waals surface area contributed by atoms with Gasteiger partial charge in [0.2, 0.25) is 5.91 Å². The molecule has 1 fully saturated rings. The van der Waals surface area contributed by atoms with Crippen LogP contribution in [0.4, 0.5) is 5.69 Å². The molecule has 1 saturated heterocycles. The third kappa shape index (κ3) is 5.31. The van der Waals surface area contributed by atoms with Gasteiger partial charge < -0.3 is 10.4 Å². The molecule has 148 valence electrons. The fraction of sp³-hybridized carbons (Fsp3) is 0.100. The maximum atomic E-state index is 12.6. The van der Waals surface area contributed by atoms with Gasteiger partial charge >= 0.3 is 5.97 Å². The van der Waals surface area contributed by atoms with Gasteiger partial charge in [0.05, 0.1) is 16.2 Å². The van der Waals surface area contributed by atoms with Crippen molar-refractivity contribution in [3.05, 3.63) is 69.0 Å². The summed E-state index contributed by atoms with van der Waals surface area (Å²) in [5.74, 6) is -1.78. The van der Waals surface area contributed by atoms with Crippen LogP contribution in [0.3, 0.4) is 0 Å². The minimum absolute atomic E-state index is 0.00316. The summed E-state index contributed by atoms with van der Waals surface area (Å²) in [7, 11) is 0. The van der Waals surface area contributed by atoms with Crippen LogP contribution in [0.5, 0.6) is 0 Å². The third-order valence-corrected chi connectivity index (χ3v) is 5.89. The number of rotatable bonds is 6. The van der Waals surface area contributed by atoms with E-state index in [0.29, 0.717) is 9.23 Å². The Balaban J connectivity index is 1.64. The van der Waals surface area contributed by atoms with Crippen molar-refractivity contribution in [3.63, 3.8) is 0 Å². The molecule has 9 heteroatoms. The lowest BCUT2D eigenvalue weighted by Crippen LogP contribution is -2.31. The van der Waals surface area contributed by atoms with Crippen LogP contribution < -0.4 is 5.32 Å². The van der Waals surface area contributed by atoms with Crippen molar-refractivity contribution in [1.82, 2.24) is 4.90 Å². The Hall–Kier alpha value is -2.49. The molecule has 2 amide bonds. The zero-order valence-corrected chi connectivity index (χ0v) is 18.1. The minimum Gasteiger partial charge on any atom is -0.478 e. The Morgan fingerprint density at radius 1 is 1.21 bits per heavy atom. The van der Waals surface area contributed by atoms with E-state index in [9.17, 15) is 19.5 Å². The van der Waals surface area contributed by atoms with Crippen molar-refractivity contribution in [1.29, 1.82) is 0 Å². The van der Waals surface area contributed by atoms with Crippen LogP contribution in [0.2, 0.25) is 0 Å². The Kier molecular flexibility index (Phi) is 6.83. The molecule has 1 aliphatic rings. The molecule has 1 heterocycles. The highest BCUT2D eigenvalue weighted by molar-refractivity contribution is 9.10. The third-order valence-electron chi connectivity index (χ3n) is 4.01. The first-order chi connectivity index (χ1) is 13.8. The Bertz CT molecular complexity index is 1040. The highest BCUT2D eigenvalue weighted by Crippen LogP contribution is 2.33. The van der Waals surface area contributed by atoms with Gasteiger partial charge in [0.15, 0.2) is 0 Å². The Morgan fingerprint density at radius 3 is 2.69 bits per heavy atom. The fourth-order valence-corrected chi connectivity index (χ4v) is 4.37. The van der Waals surface area contributed by atoms with Gasteiger partial charge in [-0.1, -0.05) is 64.2 Å². The maximum Gasteiger partial charge on any atom is 0.337 e. The molecule has 29 heavy (non-hydrogen) atoms. The number of benzene rings is 2. The van der Waals surface area contributed by atoms with Crippen molar-refractivity contribution >= 4 is 73.8 Å². The van der Waals surface area contributed by atoms with Crippen molar-refractivity contribution < 1.29 is 19.5 Å². The average molecular weight is 491 g/mol. The first kappa shape index (κ1) is 21.2. The molecule has 2 aromatic carbocycles. The number of hydrogen-bond donors (Lipinski definition) is 2.